The first-order chi connectivity index (χ1) is 8.34. The van der Waals surface area contributed by atoms with E-state index in [4.69, 9.17) is 0 Å². The highest BCUT2D eigenvalue weighted by atomic mass is 79.9. The molecule has 0 saturated heterocycles. The zero-order valence-electron chi connectivity index (χ0n) is 9.71. The molecule has 2 aromatic rings. The minimum atomic E-state index is -0.0925. The number of rotatable bonds is 4. The largest absolute Gasteiger partial charge is 1.00 e. The monoisotopic (exact) mass is 307 g/mol. The maximum absolute atomic E-state index is 11.6. The number of hydrogen-bond donors (Lipinski definition) is 2. The number of hydrogen-bond acceptors (Lipinski definition) is 2. The second-order valence-corrected chi connectivity index (χ2v) is 3.59. The Bertz CT molecular complexity index is 476. The van der Waals surface area contributed by atoms with Gasteiger partial charge in [-0.05, 0) is 12.1 Å². The molecule has 0 bridgehead atoms. The van der Waals surface area contributed by atoms with Gasteiger partial charge in [-0.15, -0.1) is 0 Å². The van der Waals surface area contributed by atoms with Gasteiger partial charge in [-0.1, -0.05) is 24.3 Å². The number of hydrazine groups is 1. The summed E-state index contributed by atoms with van der Waals surface area (Å²) in [5, 5.41) is 0. The Kier molecular flexibility index (Phi) is 5.87. The van der Waals surface area contributed by atoms with Crippen molar-refractivity contribution in [2.45, 2.75) is 6.54 Å². The van der Waals surface area contributed by atoms with Crippen molar-refractivity contribution in [1.82, 2.24) is 5.43 Å². The normalized spacial score (nSPS) is 9.11. The van der Waals surface area contributed by atoms with Crippen LogP contribution in [0.3, 0.4) is 0 Å². The van der Waals surface area contributed by atoms with Crippen molar-refractivity contribution in [3.05, 3.63) is 60.9 Å². The van der Waals surface area contributed by atoms with E-state index in [1.807, 2.05) is 65.5 Å². The molecule has 5 heteroatoms. The zero-order chi connectivity index (χ0) is 11.9. The smallest absolute Gasteiger partial charge is 0.304 e. The van der Waals surface area contributed by atoms with E-state index in [9.17, 15) is 4.79 Å². The molecule has 0 aliphatic carbocycles. The lowest BCUT2D eigenvalue weighted by Crippen LogP contribution is -3.00. The van der Waals surface area contributed by atoms with Crippen molar-refractivity contribution in [2.75, 3.05) is 5.43 Å². The van der Waals surface area contributed by atoms with E-state index in [0.717, 1.165) is 5.69 Å². The van der Waals surface area contributed by atoms with E-state index >= 15 is 0 Å². The Morgan fingerprint density at radius 2 is 1.61 bits per heavy atom. The number of aromatic nitrogens is 1. The summed E-state index contributed by atoms with van der Waals surface area (Å²) in [7, 11) is 0. The highest BCUT2D eigenvalue weighted by molar-refractivity contribution is 5.75. The number of nitrogens with zero attached hydrogens (tertiary/aromatic N) is 1. The van der Waals surface area contributed by atoms with Crippen molar-refractivity contribution >= 4 is 11.6 Å². The van der Waals surface area contributed by atoms with Crippen molar-refractivity contribution in [3.63, 3.8) is 0 Å². The lowest BCUT2D eigenvalue weighted by atomic mass is 10.3. The number of carbonyl (C=O) groups is 1. The van der Waals surface area contributed by atoms with Gasteiger partial charge in [0, 0.05) is 12.1 Å². The van der Waals surface area contributed by atoms with Crippen LogP contribution in [-0.4, -0.2) is 5.91 Å². The summed E-state index contributed by atoms with van der Waals surface area (Å²) < 4.78 is 1.81. The first-order valence-electron chi connectivity index (χ1n) is 5.38. The molecule has 2 rings (SSSR count). The molecule has 0 unspecified atom stereocenters. The predicted molar refractivity (Wildman–Crippen MR) is 64.8 cm³/mol. The summed E-state index contributed by atoms with van der Waals surface area (Å²) in [4.78, 5) is 11.6. The molecule has 1 amide bonds. The minimum Gasteiger partial charge on any atom is -1.00 e. The predicted octanol–water partition coefficient (Wildman–Crippen LogP) is -1.88. The Morgan fingerprint density at radius 3 is 2.28 bits per heavy atom. The van der Waals surface area contributed by atoms with Gasteiger partial charge in [0.1, 0.15) is 0 Å². The molecule has 0 saturated carbocycles. The van der Waals surface area contributed by atoms with Crippen LogP contribution < -0.4 is 32.4 Å². The molecule has 2 N–H and O–H groups in total. The molecule has 0 aliphatic heterocycles. The summed E-state index contributed by atoms with van der Waals surface area (Å²) in [6, 6.07) is 15.2. The summed E-state index contributed by atoms with van der Waals surface area (Å²) >= 11 is 0. The molecule has 0 atom stereocenters. The van der Waals surface area contributed by atoms with E-state index in [2.05, 4.69) is 10.9 Å². The Hall–Kier alpha value is -1.88. The Labute approximate surface area is 116 Å². The van der Waals surface area contributed by atoms with Crippen LogP contribution in [0.2, 0.25) is 0 Å². The molecule has 0 aliphatic rings. The first-order valence-corrected chi connectivity index (χ1v) is 5.38. The number of nitrogens with one attached hydrogen (secondary N) is 2. The average molecular weight is 308 g/mol. The molecule has 0 radical (unpaired) electrons. The van der Waals surface area contributed by atoms with Crippen molar-refractivity contribution in [1.29, 1.82) is 0 Å². The summed E-state index contributed by atoms with van der Waals surface area (Å²) in [5.74, 6) is -0.0925. The maximum atomic E-state index is 11.6. The molecular weight excluding hydrogens is 294 g/mol. The van der Waals surface area contributed by atoms with Crippen LogP contribution in [0.1, 0.15) is 0 Å². The topological polar surface area (TPSA) is 45.0 Å². The van der Waals surface area contributed by atoms with Gasteiger partial charge >= 0.3 is 5.91 Å². The van der Waals surface area contributed by atoms with Gasteiger partial charge in [-0.3, -0.25) is 15.6 Å². The Morgan fingerprint density at radius 1 is 1.00 bits per heavy atom. The van der Waals surface area contributed by atoms with Crippen LogP contribution in [0.5, 0.6) is 0 Å². The van der Waals surface area contributed by atoms with Gasteiger partial charge in [0.05, 0.1) is 5.69 Å². The standard InChI is InChI=1S/C13H13N3O.BrH/c17-13(11-16-9-5-2-6-10-16)15-14-12-7-3-1-4-8-12;/h1-10,14H,11H2;1H. The van der Waals surface area contributed by atoms with E-state index in [-0.39, 0.29) is 22.9 Å². The number of amides is 1. The highest BCUT2D eigenvalue weighted by Crippen LogP contribution is 2.02. The van der Waals surface area contributed by atoms with E-state index in [1.54, 1.807) is 0 Å². The third-order valence-corrected chi connectivity index (χ3v) is 2.22. The second-order valence-electron chi connectivity index (χ2n) is 3.59. The fourth-order valence-electron chi connectivity index (χ4n) is 1.41. The van der Waals surface area contributed by atoms with Gasteiger partial charge in [0.15, 0.2) is 12.4 Å². The quantitative estimate of drug-likeness (QED) is 0.513. The van der Waals surface area contributed by atoms with Gasteiger partial charge in [0.25, 0.3) is 0 Å². The second kappa shape index (κ2) is 7.45. The zero-order valence-corrected chi connectivity index (χ0v) is 11.3. The molecule has 18 heavy (non-hydrogen) atoms. The maximum Gasteiger partial charge on any atom is 0.304 e. The minimum absolute atomic E-state index is 0. The van der Waals surface area contributed by atoms with Gasteiger partial charge in [-0.25, -0.2) is 0 Å². The van der Waals surface area contributed by atoms with Crippen molar-refractivity contribution in [2.24, 2.45) is 0 Å². The van der Waals surface area contributed by atoms with Crippen LogP contribution in [0.25, 0.3) is 0 Å². The van der Waals surface area contributed by atoms with E-state index < -0.39 is 0 Å². The van der Waals surface area contributed by atoms with Gasteiger partial charge in [-0.2, -0.15) is 4.57 Å². The Balaban J connectivity index is 0.00000162. The van der Waals surface area contributed by atoms with Crippen LogP contribution >= 0.6 is 0 Å². The lowest BCUT2D eigenvalue weighted by Gasteiger charge is -2.06. The van der Waals surface area contributed by atoms with E-state index in [1.165, 1.54) is 0 Å². The SMILES string of the molecule is O=C(C[n+]1ccccc1)NNc1ccccc1.[Br-]. The fourth-order valence-corrected chi connectivity index (χ4v) is 1.41. The average Bonchev–Trinajstić information content (AvgIpc) is 2.39. The summed E-state index contributed by atoms with van der Waals surface area (Å²) in [5.41, 5.74) is 6.35. The third-order valence-electron chi connectivity index (χ3n) is 2.22. The van der Waals surface area contributed by atoms with Crippen LogP contribution in [-0.2, 0) is 11.3 Å². The van der Waals surface area contributed by atoms with Crippen LogP contribution in [0.4, 0.5) is 5.69 Å². The molecule has 1 aromatic carbocycles. The molecule has 4 nitrogen and oxygen atoms in total. The fraction of sp³-hybridized carbons (Fsp3) is 0.0769. The molecule has 1 heterocycles. The van der Waals surface area contributed by atoms with Gasteiger partial charge in [0.2, 0.25) is 6.54 Å². The number of pyridine rings is 1. The summed E-state index contributed by atoms with van der Waals surface area (Å²) in [6.45, 7) is 0.292. The highest BCUT2D eigenvalue weighted by Gasteiger charge is 2.06. The third kappa shape index (κ3) is 4.55. The lowest BCUT2D eigenvalue weighted by molar-refractivity contribution is -0.684. The molecule has 0 fully saturated rings. The molecule has 94 valence electrons. The number of para-hydroxylation sites is 1. The molecule has 0 spiro atoms. The van der Waals surface area contributed by atoms with Crippen LogP contribution in [0.15, 0.2) is 60.9 Å². The molecule has 1 aromatic heterocycles. The van der Waals surface area contributed by atoms with Crippen LogP contribution in [0, 0.1) is 0 Å². The summed E-state index contributed by atoms with van der Waals surface area (Å²) in [6.07, 6.45) is 3.70. The number of benzene rings is 1. The number of anilines is 1. The molecular formula is C13H14BrN3O. The van der Waals surface area contributed by atoms with Crippen molar-refractivity contribution in [3.8, 4) is 0 Å². The van der Waals surface area contributed by atoms with Gasteiger partial charge < -0.3 is 17.0 Å². The number of carbonyl (C=O) groups excluding carboxylic acids is 1. The first kappa shape index (κ1) is 14.2. The number of halogens is 1. The van der Waals surface area contributed by atoms with E-state index in [0.29, 0.717) is 6.54 Å². The van der Waals surface area contributed by atoms with Crippen molar-refractivity contribution < 1.29 is 26.3 Å².